The molecule has 23 heavy (non-hydrogen) atoms. The lowest BCUT2D eigenvalue weighted by Gasteiger charge is -2.61. The fourth-order valence-corrected chi connectivity index (χ4v) is 5.80. The van der Waals surface area contributed by atoms with Crippen LogP contribution in [0.25, 0.3) is 0 Å². The lowest BCUT2D eigenvalue weighted by molar-refractivity contribution is -0.165. The quantitative estimate of drug-likeness (QED) is 0.811. The first-order chi connectivity index (χ1) is 10.7. The summed E-state index contributed by atoms with van der Waals surface area (Å²) in [7, 11) is 0. The molecule has 3 rings (SSSR count). The number of Topliss-reactive ketones (excluding diaryl/α,β-unsaturated/α-hetero) is 1. The standard InChI is InChI=1S/C20H30O3/c1-18(2)8-5-9-19(3)16(18)6-10-20(4,22)17(19)12-15(21)14-7-11-23-13-14/h7,11,13,16-17,22H,5-6,8-10,12H2,1-4H3/t16-,17+,19-,20+/m0/s1. The third-order valence-electron chi connectivity index (χ3n) is 6.99. The van der Waals surface area contributed by atoms with Crippen LogP contribution in [0, 0.1) is 22.7 Å². The van der Waals surface area contributed by atoms with E-state index in [0.717, 1.165) is 19.3 Å². The molecule has 2 fully saturated rings. The molecule has 1 aromatic heterocycles. The highest BCUT2D eigenvalue weighted by Crippen LogP contribution is 2.62. The molecule has 1 heterocycles. The molecule has 2 aliphatic rings. The molecular weight excluding hydrogens is 288 g/mol. The van der Waals surface area contributed by atoms with Crippen LogP contribution < -0.4 is 0 Å². The SMILES string of the molecule is CC1(C)CCC[C@]2(C)[C@@H](CC(=O)c3ccoc3)[C@](C)(O)CC[C@@H]12. The van der Waals surface area contributed by atoms with Crippen molar-refractivity contribution in [2.45, 2.75) is 71.8 Å². The van der Waals surface area contributed by atoms with E-state index in [4.69, 9.17) is 4.42 Å². The van der Waals surface area contributed by atoms with Crippen molar-refractivity contribution >= 4 is 5.78 Å². The zero-order chi connectivity index (χ0) is 16.9. The molecule has 1 aromatic rings. The van der Waals surface area contributed by atoms with Gasteiger partial charge in [0.05, 0.1) is 17.4 Å². The van der Waals surface area contributed by atoms with Crippen LogP contribution in [0.15, 0.2) is 23.0 Å². The van der Waals surface area contributed by atoms with Gasteiger partial charge < -0.3 is 9.52 Å². The molecular formula is C20H30O3. The number of aliphatic hydroxyl groups is 1. The van der Waals surface area contributed by atoms with E-state index in [0.29, 0.717) is 23.3 Å². The van der Waals surface area contributed by atoms with Gasteiger partial charge in [0.15, 0.2) is 5.78 Å². The van der Waals surface area contributed by atoms with E-state index in [1.165, 1.54) is 19.1 Å². The van der Waals surface area contributed by atoms with Crippen LogP contribution in [0.3, 0.4) is 0 Å². The molecule has 1 N–H and O–H groups in total. The first kappa shape index (κ1) is 16.8. The largest absolute Gasteiger partial charge is 0.472 e. The minimum Gasteiger partial charge on any atom is -0.472 e. The predicted octanol–water partition coefficient (Wildman–Crippen LogP) is 4.85. The second-order valence-electron chi connectivity index (χ2n) is 8.99. The lowest BCUT2D eigenvalue weighted by atomic mass is 9.45. The smallest absolute Gasteiger partial charge is 0.166 e. The van der Waals surface area contributed by atoms with Crippen molar-refractivity contribution in [1.82, 2.24) is 0 Å². The molecule has 0 bridgehead atoms. The molecule has 2 saturated carbocycles. The third kappa shape index (κ3) is 2.77. The number of carbonyl (C=O) groups is 1. The van der Waals surface area contributed by atoms with Crippen molar-refractivity contribution in [2.24, 2.45) is 22.7 Å². The van der Waals surface area contributed by atoms with Crippen LogP contribution in [0.5, 0.6) is 0 Å². The summed E-state index contributed by atoms with van der Waals surface area (Å²) in [4.78, 5) is 12.7. The minimum atomic E-state index is -0.766. The van der Waals surface area contributed by atoms with Crippen LogP contribution >= 0.6 is 0 Å². The Morgan fingerprint density at radius 3 is 2.65 bits per heavy atom. The van der Waals surface area contributed by atoms with Crippen LogP contribution in [0.1, 0.15) is 76.6 Å². The maximum Gasteiger partial charge on any atom is 0.166 e. The van der Waals surface area contributed by atoms with Crippen molar-refractivity contribution in [3.05, 3.63) is 24.2 Å². The first-order valence-electron chi connectivity index (χ1n) is 8.95. The molecule has 0 spiro atoms. The fourth-order valence-electron chi connectivity index (χ4n) is 5.80. The zero-order valence-corrected chi connectivity index (χ0v) is 14.9. The van der Waals surface area contributed by atoms with Gasteiger partial charge >= 0.3 is 0 Å². The summed E-state index contributed by atoms with van der Waals surface area (Å²) < 4.78 is 5.06. The molecule has 0 amide bonds. The number of ketones is 1. The van der Waals surface area contributed by atoms with Gasteiger partial charge in [-0.05, 0) is 55.4 Å². The number of hydrogen-bond acceptors (Lipinski definition) is 3. The Kier molecular flexibility index (Phi) is 3.99. The summed E-state index contributed by atoms with van der Waals surface area (Å²) in [6.45, 7) is 8.98. The van der Waals surface area contributed by atoms with Gasteiger partial charge in [-0.15, -0.1) is 0 Å². The summed E-state index contributed by atoms with van der Waals surface area (Å²) in [5, 5.41) is 11.1. The Bertz CT molecular complexity index is 570. The molecule has 0 radical (unpaired) electrons. The Labute approximate surface area is 139 Å². The predicted molar refractivity (Wildman–Crippen MR) is 90.2 cm³/mol. The van der Waals surface area contributed by atoms with Gasteiger partial charge in [0, 0.05) is 12.3 Å². The van der Waals surface area contributed by atoms with Crippen molar-refractivity contribution in [3.8, 4) is 0 Å². The zero-order valence-electron chi connectivity index (χ0n) is 14.9. The summed E-state index contributed by atoms with van der Waals surface area (Å²) in [6.07, 6.45) is 8.87. The van der Waals surface area contributed by atoms with Gasteiger partial charge in [-0.2, -0.15) is 0 Å². The maximum absolute atomic E-state index is 12.7. The van der Waals surface area contributed by atoms with Crippen molar-refractivity contribution in [3.63, 3.8) is 0 Å². The normalized spacial score (nSPS) is 39.7. The Hall–Kier alpha value is -1.09. The van der Waals surface area contributed by atoms with Crippen molar-refractivity contribution in [2.75, 3.05) is 0 Å². The highest BCUT2D eigenvalue weighted by molar-refractivity contribution is 5.95. The van der Waals surface area contributed by atoms with Crippen LogP contribution in [-0.4, -0.2) is 16.5 Å². The molecule has 128 valence electrons. The fraction of sp³-hybridized carbons (Fsp3) is 0.750. The number of hydrogen-bond donors (Lipinski definition) is 1. The van der Waals surface area contributed by atoms with E-state index in [-0.39, 0.29) is 17.1 Å². The number of carbonyl (C=O) groups excluding carboxylic acids is 1. The van der Waals surface area contributed by atoms with Gasteiger partial charge in [0.25, 0.3) is 0 Å². The van der Waals surface area contributed by atoms with Gasteiger partial charge in [0.2, 0.25) is 0 Å². The first-order valence-corrected chi connectivity index (χ1v) is 8.95. The van der Waals surface area contributed by atoms with Gasteiger partial charge in [-0.1, -0.05) is 27.2 Å². The average molecular weight is 318 g/mol. The highest BCUT2D eigenvalue weighted by Gasteiger charge is 2.58. The van der Waals surface area contributed by atoms with Gasteiger partial charge in [-0.25, -0.2) is 0 Å². The third-order valence-corrected chi connectivity index (χ3v) is 6.99. The molecule has 2 aliphatic carbocycles. The lowest BCUT2D eigenvalue weighted by Crippen LogP contribution is -2.58. The van der Waals surface area contributed by atoms with Crippen molar-refractivity contribution in [1.29, 1.82) is 0 Å². The highest BCUT2D eigenvalue weighted by atomic mass is 16.3. The van der Waals surface area contributed by atoms with Crippen LogP contribution in [0.2, 0.25) is 0 Å². The van der Waals surface area contributed by atoms with E-state index < -0.39 is 5.60 Å². The second kappa shape index (κ2) is 5.47. The number of furan rings is 1. The molecule has 0 saturated heterocycles. The maximum atomic E-state index is 12.7. The Morgan fingerprint density at radius 1 is 1.26 bits per heavy atom. The van der Waals surface area contributed by atoms with Crippen LogP contribution in [0.4, 0.5) is 0 Å². The van der Waals surface area contributed by atoms with Gasteiger partial charge in [0.1, 0.15) is 6.26 Å². The Morgan fingerprint density at radius 2 is 2.00 bits per heavy atom. The molecule has 0 aromatic carbocycles. The summed E-state index contributed by atoms with van der Waals surface area (Å²) in [5.41, 5.74) is 0.183. The molecule has 3 heteroatoms. The van der Waals surface area contributed by atoms with E-state index in [9.17, 15) is 9.90 Å². The monoisotopic (exact) mass is 318 g/mol. The topological polar surface area (TPSA) is 50.4 Å². The Balaban J connectivity index is 1.92. The molecule has 0 unspecified atom stereocenters. The van der Waals surface area contributed by atoms with Crippen LogP contribution in [-0.2, 0) is 0 Å². The number of fused-ring (bicyclic) bond motifs is 1. The van der Waals surface area contributed by atoms with Crippen molar-refractivity contribution < 1.29 is 14.3 Å². The molecule has 0 aliphatic heterocycles. The minimum absolute atomic E-state index is 0.00993. The average Bonchev–Trinajstić information content (AvgIpc) is 2.95. The summed E-state index contributed by atoms with van der Waals surface area (Å²) >= 11 is 0. The van der Waals surface area contributed by atoms with E-state index in [1.807, 2.05) is 6.92 Å². The van der Waals surface area contributed by atoms with E-state index in [1.54, 1.807) is 12.3 Å². The summed E-state index contributed by atoms with van der Waals surface area (Å²) in [6, 6.07) is 1.73. The summed E-state index contributed by atoms with van der Waals surface area (Å²) in [5.74, 6) is 0.677. The van der Waals surface area contributed by atoms with E-state index in [2.05, 4.69) is 20.8 Å². The second-order valence-corrected chi connectivity index (χ2v) is 8.99. The molecule has 3 nitrogen and oxygen atoms in total. The number of rotatable bonds is 3. The van der Waals surface area contributed by atoms with E-state index >= 15 is 0 Å². The van der Waals surface area contributed by atoms with Gasteiger partial charge in [-0.3, -0.25) is 4.79 Å². The molecule has 4 atom stereocenters.